The van der Waals surface area contributed by atoms with Gasteiger partial charge in [-0.05, 0) is 33.6 Å². The van der Waals surface area contributed by atoms with Crippen LogP contribution in [0.4, 0.5) is 0 Å². The fourth-order valence-electron chi connectivity index (χ4n) is 1.90. The number of benzene rings is 2. The van der Waals surface area contributed by atoms with Gasteiger partial charge in [0.2, 0.25) is 0 Å². The minimum Gasteiger partial charge on any atom is -0.240 e. The van der Waals surface area contributed by atoms with Crippen LogP contribution in [-0.2, 0) is 5.75 Å². The van der Waals surface area contributed by atoms with Gasteiger partial charge in [-0.3, -0.25) is 0 Å². The Hall–Kier alpha value is -1.32. The number of thioether (sulfide) groups is 1. The van der Waals surface area contributed by atoms with Gasteiger partial charge in [0.05, 0.1) is 9.99 Å². The first kappa shape index (κ1) is 12.7. The van der Waals surface area contributed by atoms with Crippen LogP contribution in [0, 0.1) is 0 Å². The second kappa shape index (κ2) is 5.76. The zero-order chi connectivity index (χ0) is 13.1. The van der Waals surface area contributed by atoms with Crippen molar-refractivity contribution in [1.82, 2.24) is 4.98 Å². The fourth-order valence-corrected chi connectivity index (χ4v) is 3.43. The molecule has 0 bridgehead atoms. The van der Waals surface area contributed by atoms with Crippen LogP contribution in [0.25, 0.3) is 10.9 Å². The monoisotopic (exact) mass is 329 g/mol. The normalized spacial score (nSPS) is 10.8. The number of fused-ring (bicyclic) bond motifs is 1. The highest BCUT2D eigenvalue weighted by molar-refractivity contribution is 9.10. The van der Waals surface area contributed by atoms with Gasteiger partial charge >= 0.3 is 0 Å². The molecule has 0 atom stereocenters. The molecule has 1 heterocycles. The number of pyridine rings is 1. The Kier molecular flexibility index (Phi) is 3.85. The molecule has 0 fully saturated rings. The second-order valence-electron chi connectivity index (χ2n) is 4.24. The second-order valence-corrected chi connectivity index (χ2v) is 6.06. The Bertz CT molecular complexity index is 697. The molecular weight excluding hydrogens is 318 g/mol. The van der Waals surface area contributed by atoms with E-state index in [1.165, 1.54) is 10.9 Å². The summed E-state index contributed by atoms with van der Waals surface area (Å²) >= 11 is 5.36. The van der Waals surface area contributed by atoms with Crippen LogP contribution >= 0.6 is 27.7 Å². The predicted molar refractivity (Wildman–Crippen MR) is 85.4 cm³/mol. The van der Waals surface area contributed by atoms with Crippen LogP contribution in [0.3, 0.4) is 0 Å². The topological polar surface area (TPSA) is 12.9 Å². The molecule has 0 spiro atoms. The van der Waals surface area contributed by atoms with E-state index < -0.39 is 0 Å². The lowest BCUT2D eigenvalue weighted by atomic mass is 10.2. The highest BCUT2D eigenvalue weighted by Gasteiger charge is 2.05. The largest absolute Gasteiger partial charge is 0.240 e. The number of para-hydroxylation sites is 1. The lowest BCUT2D eigenvalue weighted by molar-refractivity contribution is 1.16. The summed E-state index contributed by atoms with van der Waals surface area (Å²) in [7, 11) is 0. The first-order chi connectivity index (χ1) is 9.33. The summed E-state index contributed by atoms with van der Waals surface area (Å²) in [6, 6.07) is 20.8. The molecule has 0 radical (unpaired) electrons. The number of hydrogen-bond acceptors (Lipinski definition) is 2. The molecule has 1 nitrogen and oxygen atoms in total. The molecule has 1 aromatic heterocycles. The standard InChI is InChI=1S/C16H12BrNS/c17-14-10-13-8-4-5-9-15(13)18-16(14)19-11-12-6-2-1-3-7-12/h1-10H,11H2. The minimum atomic E-state index is 0.935. The summed E-state index contributed by atoms with van der Waals surface area (Å²) in [5, 5.41) is 2.21. The Balaban J connectivity index is 1.86. The van der Waals surface area contributed by atoms with Crippen LogP contribution < -0.4 is 0 Å². The van der Waals surface area contributed by atoms with E-state index in [1.54, 1.807) is 11.8 Å². The fraction of sp³-hybridized carbons (Fsp3) is 0.0625. The first-order valence-electron chi connectivity index (χ1n) is 6.05. The van der Waals surface area contributed by atoms with E-state index >= 15 is 0 Å². The molecule has 94 valence electrons. The van der Waals surface area contributed by atoms with Gasteiger partial charge in [0, 0.05) is 11.1 Å². The van der Waals surface area contributed by atoms with Gasteiger partial charge in [-0.25, -0.2) is 4.98 Å². The molecule has 0 amide bonds. The lowest BCUT2D eigenvalue weighted by Gasteiger charge is -2.06. The van der Waals surface area contributed by atoms with Crippen molar-refractivity contribution >= 4 is 38.6 Å². The molecule has 0 saturated carbocycles. The van der Waals surface area contributed by atoms with Gasteiger partial charge in [0.25, 0.3) is 0 Å². The highest BCUT2D eigenvalue weighted by Crippen LogP contribution is 2.30. The van der Waals surface area contributed by atoms with Gasteiger partial charge in [-0.1, -0.05) is 48.5 Å². The summed E-state index contributed by atoms with van der Waals surface area (Å²) in [4.78, 5) is 4.71. The molecule has 3 heteroatoms. The molecule has 0 N–H and O–H groups in total. The molecule has 0 aliphatic carbocycles. The number of aromatic nitrogens is 1. The van der Waals surface area contributed by atoms with E-state index in [0.717, 1.165) is 20.8 Å². The SMILES string of the molecule is Brc1cc2ccccc2nc1SCc1ccccc1. The smallest absolute Gasteiger partial charge is 0.111 e. The van der Waals surface area contributed by atoms with Crippen molar-refractivity contribution in [1.29, 1.82) is 0 Å². The van der Waals surface area contributed by atoms with Crippen molar-refractivity contribution < 1.29 is 0 Å². The van der Waals surface area contributed by atoms with Crippen molar-refractivity contribution in [2.75, 3.05) is 0 Å². The van der Waals surface area contributed by atoms with E-state index in [1.807, 2.05) is 24.3 Å². The Morgan fingerprint density at radius 2 is 1.68 bits per heavy atom. The molecule has 3 aromatic rings. The van der Waals surface area contributed by atoms with Crippen LogP contribution in [0.5, 0.6) is 0 Å². The van der Waals surface area contributed by atoms with Crippen LogP contribution in [-0.4, -0.2) is 4.98 Å². The van der Waals surface area contributed by atoms with E-state index in [4.69, 9.17) is 4.98 Å². The molecule has 0 aliphatic rings. The Labute approximate surface area is 125 Å². The average Bonchev–Trinajstić information content (AvgIpc) is 2.46. The molecule has 19 heavy (non-hydrogen) atoms. The van der Waals surface area contributed by atoms with Crippen molar-refractivity contribution in [3.63, 3.8) is 0 Å². The van der Waals surface area contributed by atoms with Crippen molar-refractivity contribution in [3.05, 3.63) is 70.7 Å². The first-order valence-corrected chi connectivity index (χ1v) is 7.83. The molecule has 0 saturated heterocycles. The van der Waals surface area contributed by atoms with Gasteiger partial charge in [-0.2, -0.15) is 0 Å². The molecule has 3 rings (SSSR count). The summed E-state index contributed by atoms with van der Waals surface area (Å²) in [5.41, 5.74) is 2.36. The highest BCUT2D eigenvalue weighted by atomic mass is 79.9. The van der Waals surface area contributed by atoms with Crippen LogP contribution in [0.15, 0.2) is 70.2 Å². The third kappa shape index (κ3) is 2.99. The van der Waals surface area contributed by atoms with E-state index in [-0.39, 0.29) is 0 Å². The Morgan fingerprint density at radius 1 is 0.947 bits per heavy atom. The summed E-state index contributed by atoms with van der Waals surface area (Å²) in [6.45, 7) is 0. The third-order valence-electron chi connectivity index (χ3n) is 2.86. The predicted octanol–water partition coefficient (Wildman–Crippen LogP) is 5.29. The number of rotatable bonds is 3. The maximum Gasteiger partial charge on any atom is 0.111 e. The average molecular weight is 330 g/mol. The molecule has 0 unspecified atom stereocenters. The van der Waals surface area contributed by atoms with Gasteiger partial charge in [0.1, 0.15) is 5.03 Å². The maximum absolute atomic E-state index is 4.71. The quantitative estimate of drug-likeness (QED) is 0.605. The lowest BCUT2D eigenvalue weighted by Crippen LogP contribution is -1.86. The minimum absolute atomic E-state index is 0.935. The van der Waals surface area contributed by atoms with Crippen molar-refractivity contribution in [2.45, 2.75) is 10.8 Å². The summed E-state index contributed by atoms with van der Waals surface area (Å²) in [5.74, 6) is 0.935. The van der Waals surface area contributed by atoms with Crippen molar-refractivity contribution in [2.24, 2.45) is 0 Å². The summed E-state index contributed by atoms with van der Waals surface area (Å²) in [6.07, 6.45) is 0. The van der Waals surface area contributed by atoms with E-state index in [2.05, 4.69) is 52.3 Å². The van der Waals surface area contributed by atoms with Crippen LogP contribution in [0.2, 0.25) is 0 Å². The number of halogens is 1. The zero-order valence-electron chi connectivity index (χ0n) is 10.2. The van der Waals surface area contributed by atoms with E-state index in [9.17, 15) is 0 Å². The van der Waals surface area contributed by atoms with E-state index in [0.29, 0.717) is 0 Å². The van der Waals surface area contributed by atoms with Gasteiger partial charge < -0.3 is 0 Å². The third-order valence-corrected chi connectivity index (χ3v) is 4.79. The molecule has 2 aromatic carbocycles. The Morgan fingerprint density at radius 3 is 2.53 bits per heavy atom. The van der Waals surface area contributed by atoms with Crippen molar-refractivity contribution in [3.8, 4) is 0 Å². The number of hydrogen-bond donors (Lipinski definition) is 0. The van der Waals surface area contributed by atoms with Gasteiger partial charge in [0.15, 0.2) is 0 Å². The van der Waals surface area contributed by atoms with Gasteiger partial charge in [-0.15, -0.1) is 11.8 Å². The molecular formula is C16H12BrNS. The summed E-state index contributed by atoms with van der Waals surface area (Å²) < 4.78 is 1.06. The number of nitrogens with zero attached hydrogens (tertiary/aromatic N) is 1. The zero-order valence-corrected chi connectivity index (χ0v) is 12.6. The molecule has 0 aliphatic heterocycles. The van der Waals surface area contributed by atoms with Crippen LogP contribution in [0.1, 0.15) is 5.56 Å². The maximum atomic E-state index is 4.71.